The molecular weight excluding hydrogens is 242 g/mol. The molecule has 0 spiro atoms. The zero-order valence-electron chi connectivity index (χ0n) is 11.0. The molecule has 0 saturated heterocycles. The van der Waals surface area contributed by atoms with Crippen LogP contribution < -0.4 is 0 Å². The van der Waals surface area contributed by atoms with Crippen molar-refractivity contribution in [3.63, 3.8) is 0 Å². The fraction of sp³-hybridized carbons (Fsp3) is 0.267. The van der Waals surface area contributed by atoms with Crippen molar-refractivity contribution in [1.82, 2.24) is 4.90 Å². The summed E-state index contributed by atoms with van der Waals surface area (Å²) < 4.78 is 0. The molecule has 0 saturated carbocycles. The van der Waals surface area contributed by atoms with Gasteiger partial charge in [-0.05, 0) is 19.4 Å². The van der Waals surface area contributed by atoms with E-state index in [1.807, 2.05) is 43.3 Å². The highest BCUT2D eigenvalue weighted by Crippen LogP contribution is 2.34. The van der Waals surface area contributed by atoms with E-state index < -0.39 is 5.97 Å². The van der Waals surface area contributed by atoms with E-state index in [4.69, 9.17) is 5.11 Å². The number of fused-ring (bicyclic) bond motifs is 1. The molecule has 0 amide bonds. The molecular formula is C15H17NO3. The predicted molar refractivity (Wildman–Crippen MR) is 74.3 cm³/mol. The molecule has 1 unspecified atom stereocenters. The number of hydrogen-bond acceptors (Lipinski definition) is 3. The molecule has 2 N–H and O–H groups in total. The first-order valence-electron chi connectivity index (χ1n) is 6.13. The van der Waals surface area contributed by atoms with E-state index in [0.717, 1.165) is 16.3 Å². The Bertz CT molecular complexity index is 609. The lowest BCUT2D eigenvalue weighted by Crippen LogP contribution is -2.28. The van der Waals surface area contributed by atoms with Crippen LogP contribution in [0.5, 0.6) is 5.75 Å². The summed E-state index contributed by atoms with van der Waals surface area (Å²) in [5.41, 5.74) is 0.738. The van der Waals surface area contributed by atoms with Crippen LogP contribution in [0.15, 0.2) is 36.4 Å². The summed E-state index contributed by atoms with van der Waals surface area (Å²) in [6.07, 6.45) is 0. The molecule has 4 nitrogen and oxygen atoms in total. The third-order valence-electron chi connectivity index (χ3n) is 3.43. The van der Waals surface area contributed by atoms with Crippen molar-refractivity contribution in [3.8, 4) is 5.75 Å². The molecule has 0 heterocycles. The Balaban J connectivity index is 2.39. The van der Waals surface area contributed by atoms with Crippen LogP contribution in [0.2, 0.25) is 0 Å². The minimum Gasteiger partial charge on any atom is -0.507 e. The Labute approximate surface area is 111 Å². The van der Waals surface area contributed by atoms with Crippen molar-refractivity contribution in [1.29, 1.82) is 0 Å². The number of benzene rings is 2. The number of rotatable bonds is 4. The Hall–Kier alpha value is -2.07. The van der Waals surface area contributed by atoms with Gasteiger partial charge in [-0.2, -0.15) is 0 Å². The highest BCUT2D eigenvalue weighted by atomic mass is 16.4. The van der Waals surface area contributed by atoms with Gasteiger partial charge in [0.2, 0.25) is 0 Å². The van der Waals surface area contributed by atoms with Crippen LogP contribution in [0.3, 0.4) is 0 Å². The van der Waals surface area contributed by atoms with Crippen molar-refractivity contribution in [2.24, 2.45) is 0 Å². The fourth-order valence-electron chi connectivity index (χ4n) is 2.20. The van der Waals surface area contributed by atoms with Crippen molar-refractivity contribution in [3.05, 3.63) is 42.0 Å². The van der Waals surface area contributed by atoms with Gasteiger partial charge in [0.05, 0.1) is 6.54 Å². The van der Waals surface area contributed by atoms with Gasteiger partial charge < -0.3 is 10.2 Å². The van der Waals surface area contributed by atoms with Crippen molar-refractivity contribution in [2.75, 3.05) is 13.6 Å². The maximum atomic E-state index is 10.7. The van der Waals surface area contributed by atoms with Crippen molar-refractivity contribution in [2.45, 2.75) is 13.0 Å². The Morgan fingerprint density at radius 1 is 1.26 bits per heavy atom. The van der Waals surface area contributed by atoms with E-state index in [1.54, 1.807) is 11.9 Å². The van der Waals surface area contributed by atoms with Gasteiger partial charge in [-0.25, -0.2) is 0 Å². The van der Waals surface area contributed by atoms with E-state index >= 15 is 0 Å². The molecule has 0 aliphatic rings. The van der Waals surface area contributed by atoms with Gasteiger partial charge in [-0.3, -0.25) is 9.69 Å². The van der Waals surface area contributed by atoms with Crippen LogP contribution in [0.4, 0.5) is 0 Å². The highest BCUT2D eigenvalue weighted by molar-refractivity contribution is 5.89. The van der Waals surface area contributed by atoms with E-state index in [-0.39, 0.29) is 18.3 Å². The topological polar surface area (TPSA) is 60.8 Å². The van der Waals surface area contributed by atoms with Crippen LogP contribution >= 0.6 is 0 Å². The number of carbonyl (C=O) groups is 1. The van der Waals surface area contributed by atoms with Gasteiger partial charge in [-0.15, -0.1) is 0 Å². The lowest BCUT2D eigenvalue weighted by molar-refractivity contribution is -0.138. The van der Waals surface area contributed by atoms with E-state index in [1.165, 1.54) is 0 Å². The third kappa shape index (κ3) is 2.69. The number of hydrogen-bond donors (Lipinski definition) is 2. The molecule has 0 bridgehead atoms. The van der Waals surface area contributed by atoms with Gasteiger partial charge in [0.1, 0.15) is 5.75 Å². The van der Waals surface area contributed by atoms with E-state index in [2.05, 4.69) is 0 Å². The standard InChI is InChI=1S/C15H17NO3/c1-10(16(2)9-14(17)18)12-8-7-11-5-3-4-6-13(11)15(12)19/h3-8,10,19H,9H2,1-2H3,(H,17,18). The first kappa shape index (κ1) is 13.4. The molecule has 2 rings (SSSR count). The van der Waals surface area contributed by atoms with Crippen molar-refractivity contribution < 1.29 is 15.0 Å². The number of phenols is 1. The summed E-state index contributed by atoms with van der Waals surface area (Å²) in [6, 6.07) is 11.2. The molecule has 100 valence electrons. The molecule has 19 heavy (non-hydrogen) atoms. The maximum absolute atomic E-state index is 10.7. The number of carboxylic acid groups (broad SMARTS) is 1. The van der Waals surface area contributed by atoms with Gasteiger partial charge in [0.15, 0.2) is 0 Å². The van der Waals surface area contributed by atoms with Gasteiger partial charge in [0, 0.05) is 17.0 Å². The second-order valence-corrected chi connectivity index (χ2v) is 4.71. The van der Waals surface area contributed by atoms with Crippen LogP contribution in [0.25, 0.3) is 10.8 Å². The number of nitrogens with zero attached hydrogens (tertiary/aromatic N) is 1. The summed E-state index contributed by atoms with van der Waals surface area (Å²) in [5.74, 6) is -0.655. The average Bonchev–Trinajstić information content (AvgIpc) is 2.38. The van der Waals surface area contributed by atoms with Crippen LogP contribution in [-0.2, 0) is 4.79 Å². The molecule has 1 atom stereocenters. The molecule has 4 heteroatoms. The summed E-state index contributed by atoms with van der Waals surface area (Å²) in [4.78, 5) is 12.4. The molecule has 2 aromatic rings. The lowest BCUT2D eigenvalue weighted by atomic mass is 10.0. The lowest BCUT2D eigenvalue weighted by Gasteiger charge is -2.24. The van der Waals surface area contributed by atoms with E-state index in [0.29, 0.717) is 0 Å². The van der Waals surface area contributed by atoms with Crippen LogP contribution in [0.1, 0.15) is 18.5 Å². The number of phenolic OH excluding ortho intramolecular Hbond substituents is 1. The Morgan fingerprint density at radius 2 is 1.95 bits per heavy atom. The average molecular weight is 259 g/mol. The van der Waals surface area contributed by atoms with Gasteiger partial charge in [0.25, 0.3) is 0 Å². The van der Waals surface area contributed by atoms with Crippen LogP contribution in [-0.4, -0.2) is 34.7 Å². The number of carboxylic acids is 1. The summed E-state index contributed by atoms with van der Waals surface area (Å²) >= 11 is 0. The van der Waals surface area contributed by atoms with Crippen LogP contribution in [0, 0.1) is 0 Å². The van der Waals surface area contributed by atoms with Gasteiger partial charge >= 0.3 is 5.97 Å². The van der Waals surface area contributed by atoms with Crippen molar-refractivity contribution >= 4 is 16.7 Å². The zero-order chi connectivity index (χ0) is 14.0. The Morgan fingerprint density at radius 3 is 2.63 bits per heavy atom. The molecule has 0 fully saturated rings. The van der Waals surface area contributed by atoms with E-state index in [9.17, 15) is 9.90 Å². The molecule has 0 aliphatic carbocycles. The SMILES string of the molecule is CC(c1ccc2ccccc2c1O)N(C)CC(=O)O. The predicted octanol–water partition coefficient (Wildman–Crippen LogP) is 2.62. The number of likely N-dealkylation sites (N-methyl/N-ethyl adjacent to an activating group) is 1. The number of aliphatic carboxylic acids is 1. The monoisotopic (exact) mass is 259 g/mol. The normalized spacial score (nSPS) is 12.8. The highest BCUT2D eigenvalue weighted by Gasteiger charge is 2.18. The second kappa shape index (κ2) is 5.28. The molecule has 0 aliphatic heterocycles. The Kier molecular flexibility index (Phi) is 3.71. The summed E-state index contributed by atoms with van der Waals surface area (Å²) in [6.45, 7) is 1.82. The van der Waals surface area contributed by atoms with Gasteiger partial charge in [-0.1, -0.05) is 36.4 Å². The molecule has 0 radical (unpaired) electrons. The second-order valence-electron chi connectivity index (χ2n) is 4.71. The fourth-order valence-corrected chi connectivity index (χ4v) is 2.20. The smallest absolute Gasteiger partial charge is 0.317 e. The first-order chi connectivity index (χ1) is 9.00. The molecule has 2 aromatic carbocycles. The quantitative estimate of drug-likeness (QED) is 0.886. The third-order valence-corrected chi connectivity index (χ3v) is 3.43. The molecule has 0 aromatic heterocycles. The number of aromatic hydroxyl groups is 1. The maximum Gasteiger partial charge on any atom is 0.317 e. The first-order valence-corrected chi connectivity index (χ1v) is 6.13. The minimum atomic E-state index is -0.880. The largest absolute Gasteiger partial charge is 0.507 e. The zero-order valence-corrected chi connectivity index (χ0v) is 11.0. The summed E-state index contributed by atoms with van der Waals surface area (Å²) in [5, 5.41) is 20.9. The minimum absolute atomic E-state index is 0.0621. The summed E-state index contributed by atoms with van der Waals surface area (Å²) in [7, 11) is 1.73.